The minimum atomic E-state index is 0.0622. The Hall–Kier alpha value is -2.75. The van der Waals surface area contributed by atoms with Crippen molar-refractivity contribution in [3.8, 4) is 0 Å². The lowest BCUT2D eigenvalue weighted by atomic mass is 10.1. The Morgan fingerprint density at radius 2 is 1.64 bits per heavy atom. The van der Waals surface area contributed by atoms with E-state index in [-0.39, 0.29) is 6.04 Å². The summed E-state index contributed by atoms with van der Waals surface area (Å²) in [4.78, 5) is 4.72. The molecule has 1 atom stereocenters. The van der Waals surface area contributed by atoms with Gasteiger partial charge in [-0.25, -0.2) is 0 Å². The Balaban J connectivity index is 1.81. The molecule has 0 heterocycles. The molecule has 28 heavy (non-hydrogen) atoms. The van der Waals surface area contributed by atoms with Crippen molar-refractivity contribution in [3.05, 3.63) is 108 Å². The molecule has 0 saturated carbocycles. The van der Waals surface area contributed by atoms with Crippen LogP contribution in [-0.2, 0) is 0 Å². The zero-order chi connectivity index (χ0) is 19.3. The Kier molecular flexibility index (Phi) is 5.65. The van der Waals surface area contributed by atoms with E-state index in [1.54, 1.807) is 11.8 Å². The van der Waals surface area contributed by atoms with Gasteiger partial charge in [-0.2, -0.15) is 0 Å². The monoisotopic (exact) mass is 384 g/mol. The van der Waals surface area contributed by atoms with Crippen LogP contribution >= 0.6 is 11.8 Å². The lowest BCUT2D eigenvalue weighted by Gasteiger charge is -2.28. The Labute approximate surface area is 171 Å². The maximum Gasteiger partial charge on any atom is 0.0601 e. The smallest absolute Gasteiger partial charge is 0.0601 e. The molecule has 0 radical (unpaired) electrons. The first kappa shape index (κ1) is 18.6. The lowest BCUT2D eigenvalue weighted by molar-refractivity contribution is 0.813. The van der Waals surface area contributed by atoms with Crippen LogP contribution in [0, 0.1) is 6.92 Å². The predicted octanol–water partition coefficient (Wildman–Crippen LogP) is 6.73. The van der Waals surface area contributed by atoms with E-state index in [2.05, 4.69) is 109 Å². The van der Waals surface area contributed by atoms with Crippen molar-refractivity contribution in [2.75, 3.05) is 4.90 Å². The van der Waals surface area contributed by atoms with E-state index in [0.29, 0.717) is 0 Å². The molecule has 3 heteroatoms. The number of nitrogens with two attached hydrogens (primary N) is 1. The van der Waals surface area contributed by atoms with E-state index in [9.17, 15) is 0 Å². The molecular weight excluding hydrogens is 360 g/mol. The third-order valence-electron chi connectivity index (χ3n) is 4.76. The Bertz CT molecular complexity index is 1010. The van der Waals surface area contributed by atoms with Crippen molar-refractivity contribution in [1.29, 1.82) is 0 Å². The van der Waals surface area contributed by atoms with Gasteiger partial charge in [0.25, 0.3) is 0 Å². The van der Waals surface area contributed by atoms with Crippen LogP contribution < -0.4 is 10.6 Å². The van der Waals surface area contributed by atoms with Crippen molar-refractivity contribution in [2.45, 2.75) is 24.3 Å². The fraction of sp³-hybridized carbons (Fsp3) is 0.120. The second-order valence-electron chi connectivity index (χ2n) is 6.92. The molecule has 0 aliphatic heterocycles. The van der Waals surface area contributed by atoms with Gasteiger partial charge in [0.05, 0.1) is 5.69 Å². The molecule has 0 fully saturated rings. The second-order valence-corrected chi connectivity index (χ2v) is 8.03. The predicted molar refractivity (Wildman–Crippen MR) is 122 cm³/mol. The van der Waals surface area contributed by atoms with Crippen molar-refractivity contribution < 1.29 is 0 Å². The fourth-order valence-corrected chi connectivity index (χ4v) is 4.42. The quantitative estimate of drug-likeness (QED) is 0.529. The second kappa shape index (κ2) is 8.51. The molecule has 1 unspecified atom stereocenters. The number of anilines is 3. The zero-order valence-electron chi connectivity index (χ0n) is 16.0. The van der Waals surface area contributed by atoms with Crippen LogP contribution in [0.25, 0.3) is 0 Å². The maximum absolute atomic E-state index is 6.34. The molecule has 2 N–H and O–H groups in total. The van der Waals surface area contributed by atoms with E-state index < -0.39 is 0 Å². The van der Waals surface area contributed by atoms with Crippen LogP contribution in [0.1, 0.15) is 12.0 Å². The molecule has 4 rings (SSSR count). The molecule has 0 spiro atoms. The summed E-state index contributed by atoms with van der Waals surface area (Å²) in [7, 11) is 0. The first-order valence-corrected chi connectivity index (χ1v) is 10.3. The number of thioether (sulfide) groups is 1. The first-order valence-electron chi connectivity index (χ1n) is 9.53. The normalized spacial score (nSPS) is 15.9. The lowest BCUT2D eigenvalue weighted by Crippen LogP contribution is -2.21. The largest absolute Gasteiger partial charge is 0.323 e. The van der Waals surface area contributed by atoms with E-state index >= 15 is 0 Å². The van der Waals surface area contributed by atoms with E-state index in [1.165, 1.54) is 15.4 Å². The Morgan fingerprint density at radius 3 is 2.43 bits per heavy atom. The molecular formula is C25H24N2S. The molecule has 0 amide bonds. The summed E-state index contributed by atoms with van der Waals surface area (Å²) in [6.45, 7) is 2.13. The van der Waals surface area contributed by atoms with Crippen molar-refractivity contribution in [3.63, 3.8) is 0 Å². The third kappa shape index (κ3) is 4.06. The van der Waals surface area contributed by atoms with Gasteiger partial charge in [0.15, 0.2) is 0 Å². The van der Waals surface area contributed by atoms with E-state index in [4.69, 9.17) is 5.73 Å². The molecule has 140 valence electrons. The summed E-state index contributed by atoms with van der Waals surface area (Å²) < 4.78 is 0. The minimum absolute atomic E-state index is 0.0622. The number of nitrogens with zero attached hydrogens (tertiary/aromatic N) is 1. The molecule has 0 aromatic heterocycles. The van der Waals surface area contributed by atoms with Gasteiger partial charge in [-0.1, -0.05) is 72.5 Å². The molecule has 0 bridgehead atoms. The van der Waals surface area contributed by atoms with Gasteiger partial charge in [-0.15, -0.1) is 0 Å². The number of hydrogen-bond donors (Lipinski definition) is 1. The highest BCUT2D eigenvalue weighted by Gasteiger charge is 2.19. The number of allylic oxidation sites excluding steroid dienone is 2. The summed E-state index contributed by atoms with van der Waals surface area (Å²) in [6, 6.07) is 27.8. The Morgan fingerprint density at radius 1 is 0.893 bits per heavy atom. The number of rotatable bonds is 5. The number of hydrogen-bond acceptors (Lipinski definition) is 3. The molecule has 1 aliphatic carbocycles. The standard InChI is InChI=1S/C25H24N2S/c1-19-10-9-13-21(18-19)27(20-11-3-2-4-12-20)23-15-6-8-17-25(23)28-24-16-7-5-14-22(24)26/h2-13,15-18,22H,14,26H2,1H3. The summed E-state index contributed by atoms with van der Waals surface area (Å²) in [5, 5.41) is 0. The van der Waals surface area contributed by atoms with Gasteiger partial charge in [0.1, 0.15) is 0 Å². The van der Waals surface area contributed by atoms with Gasteiger partial charge in [0, 0.05) is 27.2 Å². The van der Waals surface area contributed by atoms with Crippen LogP contribution in [0.2, 0.25) is 0 Å². The first-order chi connectivity index (χ1) is 13.7. The zero-order valence-corrected chi connectivity index (χ0v) is 16.8. The van der Waals surface area contributed by atoms with Gasteiger partial charge < -0.3 is 10.6 Å². The summed E-state index contributed by atoms with van der Waals surface area (Å²) >= 11 is 1.76. The van der Waals surface area contributed by atoms with E-state index in [0.717, 1.165) is 23.5 Å². The summed E-state index contributed by atoms with van der Waals surface area (Å²) in [5.41, 5.74) is 11.0. The van der Waals surface area contributed by atoms with Crippen LogP contribution in [0.5, 0.6) is 0 Å². The van der Waals surface area contributed by atoms with Crippen LogP contribution in [0.15, 0.2) is 107 Å². The molecule has 1 aliphatic rings. The molecule has 3 aromatic carbocycles. The molecule has 0 saturated heterocycles. The molecule has 2 nitrogen and oxygen atoms in total. The fourth-order valence-electron chi connectivity index (χ4n) is 3.36. The van der Waals surface area contributed by atoms with Gasteiger partial charge in [-0.3, -0.25) is 0 Å². The van der Waals surface area contributed by atoms with Gasteiger partial charge in [-0.05, 0) is 55.3 Å². The highest BCUT2D eigenvalue weighted by molar-refractivity contribution is 8.03. The number of benzene rings is 3. The van der Waals surface area contributed by atoms with Crippen molar-refractivity contribution >= 4 is 28.8 Å². The highest BCUT2D eigenvalue weighted by atomic mass is 32.2. The number of para-hydroxylation sites is 2. The van der Waals surface area contributed by atoms with Crippen LogP contribution in [0.4, 0.5) is 17.1 Å². The highest BCUT2D eigenvalue weighted by Crippen LogP contribution is 2.43. The van der Waals surface area contributed by atoms with Crippen molar-refractivity contribution in [1.82, 2.24) is 0 Å². The van der Waals surface area contributed by atoms with Gasteiger partial charge in [0.2, 0.25) is 0 Å². The van der Waals surface area contributed by atoms with Crippen molar-refractivity contribution in [2.24, 2.45) is 5.73 Å². The topological polar surface area (TPSA) is 29.3 Å². The summed E-state index contributed by atoms with van der Waals surface area (Å²) in [6.07, 6.45) is 7.25. The maximum atomic E-state index is 6.34. The summed E-state index contributed by atoms with van der Waals surface area (Å²) in [5.74, 6) is 0. The van der Waals surface area contributed by atoms with Crippen LogP contribution in [-0.4, -0.2) is 6.04 Å². The SMILES string of the molecule is Cc1cccc(N(c2ccccc2)c2ccccc2SC2=CC=CCC2N)c1. The average molecular weight is 385 g/mol. The molecule has 3 aromatic rings. The van der Waals surface area contributed by atoms with Gasteiger partial charge >= 0.3 is 0 Å². The third-order valence-corrected chi connectivity index (χ3v) is 6.00. The minimum Gasteiger partial charge on any atom is -0.323 e. The average Bonchev–Trinajstić information content (AvgIpc) is 2.72. The number of aryl methyl sites for hydroxylation is 1. The van der Waals surface area contributed by atoms with E-state index in [1.807, 2.05) is 0 Å². The van der Waals surface area contributed by atoms with Crippen LogP contribution in [0.3, 0.4) is 0 Å².